The summed E-state index contributed by atoms with van der Waals surface area (Å²) in [4.78, 5) is 20.2. The fourth-order valence-electron chi connectivity index (χ4n) is 0.703. The lowest BCUT2D eigenvalue weighted by molar-refractivity contribution is 0.209. The molecule has 1 rings (SSSR count). The maximum Gasteiger partial charge on any atom is 0.426 e. The van der Waals surface area contributed by atoms with E-state index in [9.17, 15) is 9.59 Å². The molecule has 0 fully saturated rings. The zero-order valence-electron chi connectivity index (χ0n) is 6.11. The van der Waals surface area contributed by atoms with Gasteiger partial charge in [0.05, 0.1) is 0 Å². The first-order chi connectivity index (χ1) is 5.83. The second-order valence-electron chi connectivity index (χ2n) is 1.96. The predicted molar refractivity (Wildman–Crippen MR) is 42.2 cm³/mol. The summed E-state index contributed by atoms with van der Waals surface area (Å²) in [5, 5.41) is 2.32. The van der Waals surface area contributed by atoms with Crippen LogP contribution in [0.15, 0.2) is 30.3 Å². The fraction of sp³-hybridized carbons (Fsp3) is 0. The summed E-state index contributed by atoms with van der Waals surface area (Å²) in [6.07, 6.45) is -0.837. The van der Waals surface area contributed by atoms with Crippen molar-refractivity contribution in [3.63, 3.8) is 0 Å². The number of hydrogen-bond donors (Lipinski definition) is 1. The molecule has 0 aromatic heterocycles. The van der Waals surface area contributed by atoms with Crippen molar-refractivity contribution < 1.29 is 14.3 Å². The summed E-state index contributed by atoms with van der Waals surface area (Å²) in [5.74, 6) is 0. The van der Waals surface area contributed by atoms with Gasteiger partial charge in [0, 0.05) is 5.69 Å². The molecule has 4 nitrogen and oxygen atoms in total. The first kappa shape index (κ1) is 8.26. The van der Waals surface area contributed by atoms with E-state index >= 15 is 0 Å². The molecule has 0 aliphatic heterocycles. The van der Waals surface area contributed by atoms with E-state index in [1.807, 2.05) is 6.07 Å². The Kier molecular flexibility index (Phi) is 2.84. The molecule has 0 spiro atoms. The fourth-order valence-corrected chi connectivity index (χ4v) is 0.703. The molecule has 1 N–H and O–H groups in total. The third-order valence-electron chi connectivity index (χ3n) is 1.15. The zero-order valence-corrected chi connectivity index (χ0v) is 6.11. The molecule has 0 saturated heterocycles. The van der Waals surface area contributed by atoms with Gasteiger partial charge in [-0.3, -0.25) is 5.32 Å². The highest BCUT2D eigenvalue weighted by Crippen LogP contribution is 2.04. The van der Waals surface area contributed by atoms with Crippen molar-refractivity contribution in [1.82, 2.24) is 0 Å². The topological polar surface area (TPSA) is 55.4 Å². The third kappa shape index (κ3) is 2.42. The molecule has 0 heterocycles. The van der Waals surface area contributed by atoms with Crippen molar-refractivity contribution in [2.24, 2.45) is 0 Å². The van der Waals surface area contributed by atoms with Crippen LogP contribution < -0.4 is 5.32 Å². The minimum Gasteiger partial charge on any atom is -0.367 e. The molecule has 0 atom stereocenters. The van der Waals surface area contributed by atoms with Crippen LogP contribution in [-0.4, -0.2) is 12.6 Å². The number of anilines is 1. The molecule has 1 aromatic rings. The highest BCUT2D eigenvalue weighted by atomic mass is 16.6. The average molecular weight is 164 g/mol. The summed E-state index contributed by atoms with van der Waals surface area (Å²) in [6, 6.07) is 8.65. The molecule has 0 saturated carbocycles. The van der Waals surface area contributed by atoms with E-state index in [1.165, 1.54) is 0 Å². The van der Waals surface area contributed by atoms with Crippen LogP contribution in [-0.2, 0) is 9.53 Å². The van der Waals surface area contributed by atoms with Crippen molar-refractivity contribution in [3.05, 3.63) is 30.3 Å². The summed E-state index contributed by atoms with van der Waals surface area (Å²) in [5.41, 5.74) is 0.567. The minimum atomic E-state index is -0.837. The molecule has 4 heteroatoms. The molecule has 1 amide bonds. The highest BCUT2D eigenvalue weighted by Gasteiger charge is 2.00. The number of para-hydroxylation sites is 1. The molecule has 61 valence electrons. The van der Waals surface area contributed by atoms with E-state index in [4.69, 9.17) is 0 Å². The Morgan fingerprint density at radius 2 is 2.00 bits per heavy atom. The predicted octanol–water partition coefficient (Wildman–Crippen LogP) is 1.30. The molecule has 1 radical (unpaired) electrons. The maximum atomic E-state index is 10.6. The summed E-state index contributed by atoms with van der Waals surface area (Å²) >= 11 is 0. The van der Waals surface area contributed by atoms with Crippen LogP contribution >= 0.6 is 0 Å². The van der Waals surface area contributed by atoms with Crippen molar-refractivity contribution in [3.8, 4) is 0 Å². The van der Waals surface area contributed by atoms with E-state index in [2.05, 4.69) is 10.1 Å². The van der Waals surface area contributed by atoms with Gasteiger partial charge in [0.1, 0.15) is 0 Å². The zero-order chi connectivity index (χ0) is 8.81. The Bertz CT molecular complexity index is 271. The first-order valence-corrected chi connectivity index (χ1v) is 3.23. The van der Waals surface area contributed by atoms with Crippen LogP contribution in [0.25, 0.3) is 0 Å². The van der Waals surface area contributed by atoms with Crippen LogP contribution in [0.4, 0.5) is 10.5 Å². The molecule has 0 bridgehead atoms. The average Bonchev–Trinajstić information content (AvgIpc) is 2.06. The highest BCUT2D eigenvalue weighted by molar-refractivity contribution is 5.88. The Morgan fingerprint density at radius 3 is 2.58 bits per heavy atom. The molecular weight excluding hydrogens is 158 g/mol. The summed E-state index contributed by atoms with van der Waals surface area (Å²) in [6.45, 7) is 1.03. The minimum absolute atomic E-state index is 0.567. The Hall–Kier alpha value is -1.84. The number of rotatable bonds is 2. The molecule has 12 heavy (non-hydrogen) atoms. The van der Waals surface area contributed by atoms with E-state index in [0.717, 1.165) is 6.47 Å². The molecule has 1 aromatic carbocycles. The second kappa shape index (κ2) is 4.12. The van der Waals surface area contributed by atoms with Gasteiger partial charge in [0.25, 0.3) is 0 Å². The first-order valence-electron chi connectivity index (χ1n) is 3.23. The number of ether oxygens (including phenoxy) is 1. The molecular formula is C8H6NO3. The monoisotopic (exact) mass is 164 g/mol. The third-order valence-corrected chi connectivity index (χ3v) is 1.15. The number of carbonyl (C=O) groups excluding carboxylic acids is 2. The van der Waals surface area contributed by atoms with Crippen LogP contribution in [0.2, 0.25) is 0 Å². The van der Waals surface area contributed by atoms with Gasteiger partial charge in [0.15, 0.2) is 0 Å². The number of benzene rings is 1. The van der Waals surface area contributed by atoms with Crippen molar-refractivity contribution in [2.75, 3.05) is 5.32 Å². The van der Waals surface area contributed by atoms with Gasteiger partial charge in [0.2, 0.25) is 0 Å². The Morgan fingerprint density at radius 1 is 1.33 bits per heavy atom. The van der Waals surface area contributed by atoms with Crippen molar-refractivity contribution in [1.29, 1.82) is 0 Å². The Labute approximate surface area is 69.1 Å². The van der Waals surface area contributed by atoms with Gasteiger partial charge in [-0.15, -0.1) is 0 Å². The molecule has 0 aliphatic carbocycles. The lowest BCUT2D eigenvalue weighted by atomic mass is 10.3. The quantitative estimate of drug-likeness (QED) is 0.670. The lowest BCUT2D eigenvalue weighted by Gasteiger charge is -1.99. The van der Waals surface area contributed by atoms with Crippen LogP contribution in [0.3, 0.4) is 0 Å². The lowest BCUT2D eigenvalue weighted by Crippen LogP contribution is -2.12. The van der Waals surface area contributed by atoms with Crippen LogP contribution in [0.1, 0.15) is 0 Å². The van der Waals surface area contributed by atoms with E-state index in [1.54, 1.807) is 24.3 Å². The van der Waals surface area contributed by atoms with Gasteiger partial charge in [-0.1, -0.05) is 18.2 Å². The molecule has 0 unspecified atom stereocenters. The van der Waals surface area contributed by atoms with Gasteiger partial charge < -0.3 is 4.74 Å². The van der Waals surface area contributed by atoms with Crippen LogP contribution in [0, 0.1) is 0 Å². The van der Waals surface area contributed by atoms with E-state index < -0.39 is 6.09 Å². The van der Waals surface area contributed by atoms with Crippen molar-refractivity contribution >= 4 is 18.3 Å². The van der Waals surface area contributed by atoms with Crippen LogP contribution in [0.5, 0.6) is 0 Å². The number of nitrogens with one attached hydrogen (secondary N) is 1. The Balaban J connectivity index is 2.52. The van der Waals surface area contributed by atoms with Crippen molar-refractivity contribution in [2.45, 2.75) is 0 Å². The smallest absolute Gasteiger partial charge is 0.367 e. The van der Waals surface area contributed by atoms with Gasteiger partial charge in [-0.05, 0) is 12.1 Å². The largest absolute Gasteiger partial charge is 0.426 e. The number of amides is 1. The van der Waals surface area contributed by atoms with E-state index in [-0.39, 0.29) is 0 Å². The number of hydrogen-bond acceptors (Lipinski definition) is 3. The summed E-state index contributed by atoms with van der Waals surface area (Å²) < 4.78 is 3.89. The molecule has 0 aliphatic rings. The number of carbonyl (C=O) groups is 1. The summed E-state index contributed by atoms with van der Waals surface area (Å²) in [7, 11) is 0. The SMILES string of the molecule is O=[C]OC(=O)Nc1ccccc1. The standard InChI is InChI=1S/C8H6NO3/c10-6-12-8(11)9-7-4-2-1-3-5-7/h1-5H,(H,9,11). The van der Waals surface area contributed by atoms with Gasteiger partial charge in [-0.25, -0.2) is 9.59 Å². The van der Waals surface area contributed by atoms with Gasteiger partial charge in [-0.2, -0.15) is 0 Å². The normalized spacial score (nSPS) is 8.67. The van der Waals surface area contributed by atoms with Gasteiger partial charge >= 0.3 is 12.6 Å². The maximum absolute atomic E-state index is 10.6. The second-order valence-corrected chi connectivity index (χ2v) is 1.96. The van der Waals surface area contributed by atoms with E-state index in [0.29, 0.717) is 5.69 Å².